The van der Waals surface area contributed by atoms with Gasteiger partial charge in [0.25, 0.3) is 0 Å². The van der Waals surface area contributed by atoms with Crippen LogP contribution in [0.25, 0.3) is 11.2 Å². The van der Waals surface area contributed by atoms with E-state index in [1.807, 2.05) is 0 Å². The van der Waals surface area contributed by atoms with Gasteiger partial charge in [-0.15, -0.1) is 0 Å². The third-order valence-electron chi connectivity index (χ3n) is 5.89. The van der Waals surface area contributed by atoms with Crippen LogP contribution in [-0.2, 0) is 18.6 Å². The molecule has 1 unspecified atom stereocenters. The molecule has 2 aromatic heterocycles. The van der Waals surface area contributed by atoms with Gasteiger partial charge >= 0.3 is 19.8 Å². The summed E-state index contributed by atoms with van der Waals surface area (Å²) in [5.74, 6) is -1.34. The largest absolute Gasteiger partial charge is 0.462 e. The number of ether oxygens (including phenoxy) is 1. The SMILES string of the molecule is C=C1[C@@H](n2cnc3c(N)nc(F)nc32)[C@H](CO)[C@H]1COP(=O)(NCC(=O)OC(C)C)Oc1ccccc1. The maximum atomic E-state index is 13.8. The highest BCUT2D eigenvalue weighted by Gasteiger charge is 2.47. The van der Waals surface area contributed by atoms with E-state index >= 15 is 0 Å². The van der Waals surface area contributed by atoms with E-state index in [1.54, 1.807) is 48.7 Å². The number of para-hydroxylation sites is 1. The molecule has 1 aliphatic rings. The number of carbonyl (C=O) groups excluding carboxylic acids is 1. The quantitative estimate of drug-likeness (QED) is 0.143. The molecule has 0 radical (unpaired) electrons. The molecular formula is C23H28FN6O6P. The van der Waals surface area contributed by atoms with E-state index in [2.05, 4.69) is 26.6 Å². The van der Waals surface area contributed by atoms with Crippen LogP contribution in [0, 0.1) is 17.9 Å². The van der Waals surface area contributed by atoms with Crippen molar-refractivity contribution in [2.75, 3.05) is 25.5 Å². The Morgan fingerprint density at radius 3 is 2.73 bits per heavy atom. The maximum Gasteiger partial charge on any atom is 0.459 e. The number of nitrogens with one attached hydrogen (secondary N) is 1. The number of imidazole rings is 1. The zero-order chi connectivity index (χ0) is 26.7. The number of aromatic nitrogens is 4. The van der Waals surface area contributed by atoms with Crippen LogP contribution < -0.4 is 15.3 Å². The van der Waals surface area contributed by atoms with Gasteiger partial charge in [0.2, 0.25) is 0 Å². The molecule has 0 aliphatic heterocycles. The lowest BCUT2D eigenvalue weighted by Gasteiger charge is -2.46. The number of aliphatic hydroxyl groups is 1. The molecule has 4 rings (SSSR count). The van der Waals surface area contributed by atoms with Crippen molar-refractivity contribution in [3.05, 3.63) is 54.9 Å². The number of carbonyl (C=O) groups is 1. The van der Waals surface area contributed by atoms with E-state index in [0.717, 1.165) is 0 Å². The molecule has 14 heteroatoms. The van der Waals surface area contributed by atoms with Crippen molar-refractivity contribution in [2.24, 2.45) is 11.8 Å². The second kappa shape index (κ2) is 10.9. The average molecular weight is 534 g/mol. The summed E-state index contributed by atoms with van der Waals surface area (Å²) in [6.07, 6.45) is 0.0764. The lowest BCUT2D eigenvalue weighted by molar-refractivity contribution is -0.145. The predicted octanol–water partition coefficient (Wildman–Crippen LogP) is 2.63. The Labute approximate surface area is 212 Å². The van der Waals surface area contributed by atoms with E-state index in [9.17, 15) is 18.9 Å². The van der Waals surface area contributed by atoms with Crippen LogP contribution in [0.2, 0.25) is 0 Å². The van der Waals surface area contributed by atoms with Gasteiger partial charge in [-0.2, -0.15) is 14.4 Å². The second-order valence-corrected chi connectivity index (χ2v) is 10.5. The maximum absolute atomic E-state index is 13.8. The molecular weight excluding hydrogens is 506 g/mol. The van der Waals surface area contributed by atoms with Crippen LogP contribution in [0.3, 0.4) is 0 Å². The number of benzene rings is 1. The molecule has 0 spiro atoms. The standard InChI is InChI=1S/C23H28FN6O6P/c1-13(2)35-18(32)9-27-37(33,36-15-7-5-4-6-8-15)34-11-17-14(3)20(16(17)10-31)30-12-26-19-21(25)28-23(24)29-22(19)30/h4-8,12-13,16-17,20,31H,3,9-11H2,1-2H3,(H,27,33)(H2,25,28,29)/t16-,17+,20-,37?/m1/s1. The summed E-state index contributed by atoms with van der Waals surface area (Å²) in [4.78, 5) is 23.4. The first-order valence-corrected chi connectivity index (χ1v) is 13.0. The third-order valence-corrected chi connectivity index (χ3v) is 7.37. The number of nitrogens with two attached hydrogens (primary N) is 1. The molecule has 1 aromatic carbocycles. The minimum absolute atomic E-state index is 0.104. The van der Waals surface area contributed by atoms with Crippen LogP contribution in [0.1, 0.15) is 19.9 Å². The first-order chi connectivity index (χ1) is 17.6. The van der Waals surface area contributed by atoms with Gasteiger partial charge in [0, 0.05) is 18.4 Å². The number of esters is 1. The van der Waals surface area contributed by atoms with Gasteiger partial charge < -0.3 is 24.7 Å². The Kier molecular flexibility index (Phi) is 7.88. The van der Waals surface area contributed by atoms with Crippen LogP contribution >= 0.6 is 7.75 Å². The number of anilines is 1. The molecule has 1 fully saturated rings. The van der Waals surface area contributed by atoms with Crippen molar-refractivity contribution >= 4 is 30.7 Å². The van der Waals surface area contributed by atoms with Crippen LogP contribution in [0.15, 0.2) is 48.8 Å². The molecule has 1 aliphatic carbocycles. The zero-order valence-electron chi connectivity index (χ0n) is 20.3. The van der Waals surface area contributed by atoms with E-state index in [0.29, 0.717) is 5.57 Å². The third kappa shape index (κ3) is 5.80. The molecule has 12 nitrogen and oxygen atoms in total. The molecule has 0 bridgehead atoms. The molecule has 4 N–H and O–H groups in total. The summed E-state index contributed by atoms with van der Waals surface area (Å²) in [6, 6.07) is 7.86. The number of hydrogen-bond acceptors (Lipinski definition) is 10. The lowest BCUT2D eigenvalue weighted by atomic mass is 9.66. The number of fused-ring (bicyclic) bond motifs is 1. The van der Waals surface area contributed by atoms with Crippen LogP contribution in [-0.4, -0.2) is 56.5 Å². The second-order valence-electron chi connectivity index (χ2n) is 8.75. The summed E-state index contributed by atoms with van der Waals surface area (Å²) in [5, 5.41) is 12.6. The fourth-order valence-corrected chi connectivity index (χ4v) is 5.48. The molecule has 3 aromatic rings. The number of aliphatic hydroxyl groups excluding tert-OH is 1. The topological polar surface area (TPSA) is 164 Å². The van der Waals surface area contributed by atoms with Gasteiger partial charge in [0.15, 0.2) is 11.5 Å². The van der Waals surface area contributed by atoms with Crippen molar-refractivity contribution in [1.29, 1.82) is 0 Å². The minimum atomic E-state index is -4.05. The van der Waals surface area contributed by atoms with Crippen molar-refractivity contribution in [3.8, 4) is 5.75 Å². The fourth-order valence-electron chi connectivity index (χ4n) is 4.20. The van der Waals surface area contributed by atoms with Crippen molar-refractivity contribution in [2.45, 2.75) is 26.0 Å². The van der Waals surface area contributed by atoms with Gasteiger partial charge in [-0.1, -0.05) is 24.8 Å². The highest BCUT2D eigenvalue weighted by atomic mass is 31.2. The molecule has 198 valence electrons. The first-order valence-electron chi connectivity index (χ1n) is 11.5. The Bertz CT molecular complexity index is 1340. The van der Waals surface area contributed by atoms with Crippen molar-refractivity contribution < 1.29 is 32.6 Å². The summed E-state index contributed by atoms with van der Waals surface area (Å²) in [5.41, 5.74) is 6.75. The Balaban J connectivity index is 1.50. The van der Waals surface area contributed by atoms with Gasteiger partial charge in [-0.25, -0.2) is 14.6 Å². The predicted molar refractivity (Wildman–Crippen MR) is 132 cm³/mol. The average Bonchev–Trinajstić information content (AvgIpc) is 3.24. The number of nitrogens with zero attached hydrogens (tertiary/aromatic N) is 4. The van der Waals surface area contributed by atoms with E-state index in [1.165, 1.54) is 6.33 Å². The summed E-state index contributed by atoms with van der Waals surface area (Å²) in [6.45, 7) is 6.64. The number of nitrogen functional groups attached to an aromatic ring is 1. The van der Waals surface area contributed by atoms with Crippen molar-refractivity contribution in [3.63, 3.8) is 0 Å². The van der Waals surface area contributed by atoms with E-state index in [4.69, 9.17) is 19.5 Å². The summed E-state index contributed by atoms with van der Waals surface area (Å²) in [7, 11) is -4.05. The summed E-state index contributed by atoms with van der Waals surface area (Å²) < 4.78 is 45.3. The number of rotatable bonds is 11. The fraction of sp³-hybridized carbons (Fsp3) is 0.391. The van der Waals surface area contributed by atoms with E-state index in [-0.39, 0.29) is 42.0 Å². The minimum Gasteiger partial charge on any atom is -0.462 e. The highest BCUT2D eigenvalue weighted by Crippen LogP contribution is 2.52. The van der Waals surface area contributed by atoms with Crippen LogP contribution in [0.4, 0.5) is 10.2 Å². The van der Waals surface area contributed by atoms with E-state index < -0.39 is 44.2 Å². The molecule has 4 atom stereocenters. The monoisotopic (exact) mass is 534 g/mol. The normalized spacial score (nSPS) is 21.0. The molecule has 0 amide bonds. The Morgan fingerprint density at radius 1 is 1.32 bits per heavy atom. The van der Waals surface area contributed by atoms with Crippen LogP contribution in [0.5, 0.6) is 5.75 Å². The van der Waals surface area contributed by atoms with Gasteiger partial charge in [0.05, 0.1) is 25.1 Å². The Morgan fingerprint density at radius 2 is 2.05 bits per heavy atom. The van der Waals surface area contributed by atoms with Crippen molar-refractivity contribution in [1.82, 2.24) is 24.6 Å². The lowest BCUT2D eigenvalue weighted by Crippen LogP contribution is -2.45. The first kappa shape index (κ1) is 26.7. The molecule has 1 saturated carbocycles. The van der Waals surface area contributed by atoms with Gasteiger partial charge in [0.1, 0.15) is 17.8 Å². The molecule has 2 heterocycles. The van der Waals surface area contributed by atoms with Gasteiger partial charge in [-0.3, -0.25) is 9.32 Å². The highest BCUT2D eigenvalue weighted by molar-refractivity contribution is 7.52. The zero-order valence-corrected chi connectivity index (χ0v) is 21.2. The number of halogens is 1. The van der Waals surface area contributed by atoms with Gasteiger partial charge in [-0.05, 0) is 31.6 Å². The molecule has 37 heavy (non-hydrogen) atoms. The Hall–Kier alpha value is -3.38. The number of hydrogen-bond donors (Lipinski definition) is 3. The summed E-state index contributed by atoms with van der Waals surface area (Å²) >= 11 is 0. The molecule has 0 saturated heterocycles. The smallest absolute Gasteiger partial charge is 0.459 e.